The molecule has 3 unspecified atom stereocenters. The molecule has 3 N–H and O–H groups in total. The number of phenols is 1. The average molecular weight is 489 g/mol. The van der Waals surface area contributed by atoms with Gasteiger partial charge < -0.3 is 14.6 Å². The predicted octanol–water partition coefficient (Wildman–Crippen LogP) is 4.75. The van der Waals surface area contributed by atoms with Gasteiger partial charge in [-0.05, 0) is 41.5 Å². The Bertz CT molecular complexity index is 1190. The van der Waals surface area contributed by atoms with Gasteiger partial charge in [-0.2, -0.15) is 13.2 Å². The molecule has 184 valence electrons. The first-order chi connectivity index (χ1) is 16.7. The van der Waals surface area contributed by atoms with E-state index in [2.05, 4.69) is 10.9 Å². The molecule has 1 saturated heterocycles. The summed E-state index contributed by atoms with van der Waals surface area (Å²) >= 11 is 0. The maximum Gasteiger partial charge on any atom is 0.405 e. The minimum absolute atomic E-state index is 0.0444. The highest BCUT2D eigenvalue weighted by molar-refractivity contribution is 5.45. The van der Waals surface area contributed by atoms with Gasteiger partial charge in [-0.3, -0.25) is 10.1 Å². The number of nitrogens with zero attached hydrogens (tertiary/aromatic N) is 1. The van der Waals surface area contributed by atoms with Crippen LogP contribution in [0.25, 0.3) is 0 Å². The Morgan fingerprint density at radius 3 is 2.23 bits per heavy atom. The van der Waals surface area contributed by atoms with Crippen molar-refractivity contribution >= 4 is 5.69 Å². The molecular formula is C24H22F3N3O5. The monoisotopic (exact) mass is 489 g/mol. The quantitative estimate of drug-likeness (QED) is 0.325. The lowest BCUT2D eigenvalue weighted by Gasteiger charge is -2.26. The van der Waals surface area contributed by atoms with Crippen LogP contribution < -0.4 is 20.3 Å². The van der Waals surface area contributed by atoms with Crippen LogP contribution in [0, 0.1) is 10.1 Å². The summed E-state index contributed by atoms with van der Waals surface area (Å²) < 4.78 is 52.1. The standard InChI is InChI=1S/C24H22F3N3O5/c1-34-17-8-4-15(5-9-17)21-22(28-29-23(21)24(25,26)27)19-11-10-18(12-20(19)31)35-13-14-2-6-16(7-3-14)30(32)33/h2-12,21-23,28-29,31H,13H2,1H3. The Labute approximate surface area is 198 Å². The zero-order chi connectivity index (χ0) is 25.2. The van der Waals surface area contributed by atoms with Gasteiger partial charge in [0.15, 0.2) is 0 Å². The highest BCUT2D eigenvalue weighted by Gasteiger charge is 2.52. The second-order valence-corrected chi connectivity index (χ2v) is 8.02. The van der Waals surface area contributed by atoms with E-state index in [1.54, 1.807) is 42.5 Å². The molecule has 0 aliphatic carbocycles. The van der Waals surface area contributed by atoms with Crippen molar-refractivity contribution in [3.05, 3.63) is 93.5 Å². The predicted molar refractivity (Wildman–Crippen MR) is 120 cm³/mol. The van der Waals surface area contributed by atoms with Crippen molar-refractivity contribution in [1.29, 1.82) is 0 Å². The van der Waals surface area contributed by atoms with Gasteiger partial charge in [0, 0.05) is 29.7 Å². The third-order valence-corrected chi connectivity index (χ3v) is 5.86. The Balaban J connectivity index is 1.55. The lowest BCUT2D eigenvalue weighted by molar-refractivity contribution is -0.384. The SMILES string of the molecule is COc1ccc(C2C(c3ccc(OCc4ccc([N+](=O)[O-])cc4)cc3O)NNC2C(F)(F)F)cc1. The summed E-state index contributed by atoms with van der Waals surface area (Å²) in [5.74, 6) is -0.473. The number of benzene rings is 3. The molecule has 1 fully saturated rings. The highest BCUT2D eigenvalue weighted by atomic mass is 19.4. The average Bonchev–Trinajstić information content (AvgIpc) is 3.28. The number of methoxy groups -OCH3 is 1. The largest absolute Gasteiger partial charge is 0.507 e. The summed E-state index contributed by atoms with van der Waals surface area (Å²) in [6.45, 7) is 0.0879. The first-order valence-corrected chi connectivity index (χ1v) is 10.6. The summed E-state index contributed by atoms with van der Waals surface area (Å²) in [4.78, 5) is 10.3. The first-order valence-electron chi connectivity index (χ1n) is 10.6. The van der Waals surface area contributed by atoms with Gasteiger partial charge in [0.1, 0.15) is 29.9 Å². The summed E-state index contributed by atoms with van der Waals surface area (Å²) in [5, 5.41) is 21.4. The fraction of sp³-hybridized carbons (Fsp3) is 0.250. The second-order valence-electron chi connectivity index (χ2n) is 8.02. The van der Waals surface area contributed by atoms with E-state index in [9.17, 15) is 28.4 Å². The Hall–Kier alpha value is -3.83. The van der Waals surface area contributed by atoms with Crippen LogP contribution >= 0.6 is 0 Å². The molecule has 35 heavy (non-hydrogen) atoms. The van der Waals surface area contributed by atoms with Crippen LogP contribution in [0.5, 0.6) is 17.2 Å². The molecule has 3 atom stereocenters. The van der Waals surface area contributed by atoms with E-state index in [1.807, 2.05) is 0 Å². The van der Waals surface area contributed by atoms with Crippen LogP contribution in [0.15, 0.2) is 66.7 Å². The molecule has 8 nitrogen and oxygen atoms in total. The molecule has 1 aliphatic heterocycles. The van der Waals surface area contributed by atoms with Crippen molar-refractivity contribution in [2.75, 3.05) is 7.11 Å². The number of nitro groups is 1. The van der Waals surface area contributed by atoms with E-state index >= 15 is 0 Å². The lowest BCUT2D eigenvalue weighted by Crippen LogP contribution is -2.43. The van der Waals surface area contributed by atoms with Gasteiger partial charge in [-0.15, -0.1) is 0 Å². The minimum atomic E-state index is -4.53. The van der Waals surface area contributed by atoms with Crippen LogP contribution in [0.1, 0.15) is 28.7 Å². The van der Waals surface area contributed by atoms with Crippen molar-refractivity contribution < 1.29 is 32.7 Å². The van der Waals surface area contributed by atoms with E-state index in [1.165, 1.54) is 31.4 Å². The van der Waals surface area contributed by atoms with Gasteiger partial charge in [0.25, 0.3) is 5.69 Å². The van der Waals surface area contributed by atoms with Crippen molar-refractivity contribution in [3.63, 3.8) is 0 Å². The Morgan fingerprint density at radius 2 is 1.66 bits per heavy atom. The van der Waals surface area contributed by atoms with Gasteiger partial charge >= 0.3 is 6.18 Å². The molecule has 1 aliphatic rings. The van der Waals surface area contributed by atoms with Crippen LogP contribution in [-0.2, 0) is 6.61 Å². The molecule has 0 bridgehead atoms. The van der Waals surface area contributed by atoms with Crippen LogP contribution in [0.4, 0.5) is 18.9 Å². The van der Waals surface area contributed by atoms with E-state index < -0.39 is 29.1 Å². The molecule has 0 aromatic heterocycles. The number of nitro benzene ring substituents is 1. The van der Waals surface area contributed by atoms with Gasteiger partial charge in [-0.1, -0.05) is 18.2 Å². The number of rotatable bonds is 7. The fourth-order valence-electron chi connectivity index (χ4n) is 4.08. The second kappa shape index (κ2) is 9.80. The number of non-ortho nitro benzene ring substituents is 1. The van der Waals surface area contributed by atoms with Crippen LogP contribution in [-0.4, -0.2) is 29.4 Å². The van der Waals surface area contributed by atoms with Crippen LogP contribution in [0.3, 0.4) is 0 Å². The third kappa shape index (κ3) is 5.31. The van der Waals surface area contributed by atoms with E-state index in [-0.39, 0.29) is 23.6 Å². The number of ether oxygens (including phenoxy) is 2. The molecule has 0 spiro atoms. The van der Waals surface area contributed by atoms with E-state index in [0.717, 1.165) is 0 Å². The normalized spacial score (nSPS) is 19.9. The van der Waals surface area contributed by atoms with Crippen LogP contribution in [0.2, 0.25) is 0 Å². The fourth-order valence-corrected chi connectivity index (χ4v) is 4.08. The minimum Gasteiger partial charge on any atom is -0.507 e. The molecule has 3 aromatic carbocycles. The molecule has 0 amide bonds. The first kappa shape index (κ1) is 24.3. The summed E-state index contributed by atoms with van der Waals surface area (Å²) in [6, 6.07) is 13.8. The van der Waals surface area contributed by atoms with Crippen molar-refractivity contribution in [2.24, 2.45) is 0 Å². The number of hydrogen-bond donors (Lipinski definition) is 3. The van der Waals surface area contributed by atoms with Crippen molar-refractivity contribution in [3.8, 4) is 17.2 Å². The smallest absolute Gasteiger partial charge is 0.405 e. The number of phenolic OH excluding ortho intramolecular Hbond substituents is 1. The van der Waals surface area contributed by atoms with Gasteiger partial charge in [-0.25, -0.2) is 10.9 Å². The molecule has 4 rings (SSSR count). The molecule has 0 radical (unpaired) electrons. The van der Waals surface area contributed by atoms with Gasteiger partial charge in [0.05, 0.1) is 18.1 Å². The maximum absolute atomic E-state index is 13.8. The number of aromatic hydroxyl groups is 1. The maximum atomic E-state index is 13.8. The van der Waals surface area contributed by atoms with Crippen molar-refractivity contribution in [1.82, 2.24) is 10.9 Å². The number of halogens is 3. The molecule has 3 aromatic rings. The van der Waals surface area contributed by atoms with Crippen molar-refractivity contribution in [2.45, 2.75) is 30.8 Å². The van der Waals surface area contributed by atoms with E-state index in [4.69, 9.17) is 9.47 Å². The highest BCUT2D eigenvalue weighted by Crippen LogP contribution is 2.45. The topological polar surface area (TPSA) is 106 Å². The number of alkyl halides is 3. The molecule has 11 heteroatoms. The third-order valence-electron chi connectivity index (χ3n) is 5.86. The van der Waals surface area contributed by atoms with Gasteiger partial charge in [0.2, 0.25) is 0 Å². The number of nitrogens with one attached hydrogen (secondary N) is 2. The summed E-state index contributed by atoms with van der Waals surface area (Å²) in [7, 11) is 1.47. The number of hydrogen-bond acceptors (Lipinski definition) is 7. The lowest BCUT2D eigenvalue weighted by atomic mass is 9.83. The zero-order valence-corrected chi connectivity index (χ0v) is 18.5. The zero-order valence-electron chi connectivity index (χ0n) is 18.5. The molecule has 1 heterocycles. The molecule has 0 saturated carbocycles. The summed E-state index contributed by atoms with van der Waals surface area (Å²) in [5.41, 5.74) is 6.33. The number of hydrazine groups is 1. The summed E-state index contributed by atoms with van der Waals surface area (Å²) in [6.07, 6.45) is -4.53. The van der Waals surface area contributed by atoms with E-state index in [0.29, 0.717) is 22.6 Å². The molecular weight excluding hydrogens is 467 g/mol. The Kier molecular flexibility index (Phi) is 6.81. The Morgan fingerprint density at radius 1 is 1.00 bits per heavy atom.